The highest BCUT2D eigenvalue weighted by Crippen LogP contribution is 2.22. The van der Waals surface area contributed by atoms with Gasteiger partial charge in [-0.1, -0.05) is 31.9 Å². The Labute approximate surface area is 99.7 Å². The van der Waals surface area contributed by atoms with Crippen molar-refractivity contribution >= 4 is 16.9 Å². The van der Waals surface area contributed by atoms with Gasteiger partial charge in [0.25, 0.3) is 0 Å². The summed E-state index contributed by atoms with van der Waals surface area (Å²) in [7, 11) is 0. The van der Waals surface area contributed by atoms with Crippen LogP contribution in [0.15, 0.2) is 18.2 Å². The number of aryl methyl sites for hydroxylation is 1. The molecule has 2 N–H and O–H groups in total. The van der Waals surface area contributed by atoms with Gasteiger partial charge >= 0.3 is 5.97 Å². The van der Waals surface area contributed by atoms with Gasteiger partial charge < -0.3 is 5.11 Å². The number of hydrogen-bond acceptors (Lipinski definition) is 2. The van der Waals surface area contributed by atoms with Crippen LogP contribution in [0.3, 0.4) is 0 Å². The van der Waals surface area contributed by atoms with E-state index in [4.69, 9.17) is 5.11 Å². The first-order chi connectivity index (χ1) is 8.24. The van der Waals surface area contributed by atoms with Crippen molar-refractivity contribution in [3.05, 3.63) is 29.5 Å². The number of carbonyl (C=O) groups is 1. The zero-order valence-corrected chi connectivity index (χ0v) is 9.86. The van der Waals surface area contributed by atoms with Crippen LogP contribution in [-0.2, 0) is 6.42 Å². The van der Waals surface area contributed by atoms with Gasteiger partial charge in [-0.15, -0.1) is 0 Å². The Morgan fingerprint density at radius 3 is 2.94 bits per heavy atom. The highest BCUT2D eigenvalue weighted by molar-refractivity contribution is 6.02. The van der Waals surface area contributed by atoms with Gasteiger partial charge in [0, 0.05) is 5.39 Å². The first-order valence-corrected chi connectivity index (χ1v) is 5.93. The molecule has 4 heteroatoms. The van der Waals surface area contributed by atoms with Gasteiger partial charge in [0.05, 0.1) is 5.52 Å². The summed E-state index contributed by atoms with van der Waals surface area (Å²) < 4.78 is 0. The molecule has 4 nitrogen and oxygen atoms in total. The van der Waals surface area contributed by atoms with E-state index in [1.807, 2.05) is 18.2 Å². The zero-order chi connectivity index (χ0) is 12.3. The zero-order valence-electron chi connectivity index (χ0n) is 9.86. The maximum Gasteiger partial charge on any atom is 0.357 e. The number of hydrogen-bond donors (Lipinski definition) is 2. The van der Waals surface area contributed by atoms with Crippen LogP contribution >= 0.6 is 0 Å². The molecule has 1 aromatic heterocycles. The first kappa shape index (κ1) is 11.6. The topological polar surface area (TPSA) is 66.0 Å². The van der Waals surface area contributed by atoms with E-state index < -0.39 is 5.97 Å². The fourth-order valence-corrected chi connectivity index (χ4v) is 2.07. The lowest BCUT2D eigenvalue weighted by atomic mass is 10.0. The molecule has 0 saturated heterocycles. The molecule has 0 aliphatic carbocycles. The number of aromatic amines is 1. The molecular weight excluding hydrogens is 216 g/mol. The summed E-state index contributed by atoms with van der Waals surface area (Å²) in [6.07, 6.45) is 4.31. The first-order valence-electron chi connectivity index (χ1n) is 5.93. The predicted octanol–water partition coefficient (Wildman–Crippen LogP) is 2.99. The van der Waals surface area contributed by atoms with Gasteiger partial charge in [0.1, 0.15) is 0 Å². The average Bonchev–Trinajstić information content (AvgIpc) is 2.74. The molecule has 0 saturated carbocycles. The van der Waals surface area contributed by atoms with E-state index in [0.717, 1.165) is 42.1 Å². The van der Waals surface area contributed by atoms with Gasteiger partial charge in [0.15, 0.2) is 5.69 Å². The molecule has 0 unspecified atom stereocenters. The Hall–Kier alpha value is -1.84. The van der Waals surface area contributed by atoms with Crippen LogP contribution in [-0.4, -0.2) is 21.3 Å². The lowest BCUT2D eigenvalue weighted by Gasteiger charge is -2.03. The van der Waals surface area contributed by atoms with Crippen molar-refractivity contribution in [1.82, 2.24) is 10.2 Å². The van der Waals surface area contributed by atoms with Crippen molar-refractivity contribution in [2.24, 2.45) is 0 Å². The third-order valence-electron chi connectivity index (χ3n) is 2.93. The van der Waals surface area contributed by atoms with Crippen molar-refractivity contribution in [3.8, 4) is 0 Å². The third-order valence-corrected chi connectivity index (χ3v) is 2.93. The maximum absolute atomic E-state index is 11.1. The summed E-state index contributed by atoms with van der Waals surface area (Å²) in [6.45, 7) is 2.15. The Kier molecular flexibility index (Phi) is 3.42. The highest BCUT2D eigenvalue weighted by atomic mass is 16.4. The number of carboxylic acids is 1. The van der Waals surface area contributed by atoms with Crippen LogP contribution in [0.4, 0.5) is 0 Å². The van der Waals surface area contributed by atoms with Crippen molar-refractivity contribution < 1.29 is 9.90 Å². The van der Waals surface area contributed by atoms with Crippen LogP contribution in [0.5, 0.6) is 0 Å². The van der Waals surface area contributed by atoms with Crippen molar-refractivity contribution in [2.75, 3.05) is 0 Å². The third kappa shape index (κ3) is 2.30. The second kappa shape index (κ2) is 4.99. The summed E-state index contributed by atoms with van der Waals surface area (Å²) in [5.74, 6) is -0.973. The van der Waals surface area contributed by atoms with Crippen LogP contribution in [0.2, 0.25) is 0 Å². The second-order valence-electron chi connectivity index (χ2n) is 4.17. The number of rotatable bonds is 5. The van der Waals surface area contributed by atoms with Crippen LogP contribution in [0, 0.1) is 0 Å². The SMILES string of the molecule is CCCCCc1cccc2[nH]nc(C(=O)O)c12. The maximum atomic E-state index is 11.1. The Balaban J connectivity index is 2.39. The molecule has 2 aromatic rings. The summed E-state index contributed by atoms with van der Waals surface area (Å²) in [6, 6.07) is 5.78. The molecule has 0 aliphatic rings. The molecule has 17 heavy (non-hydrogen) atoms. The normalized spacial score (nSPS) is 10.9. The number of aromatic nitrogens is 2. The molecule has 0 radical (unpaired) electrons. The number of aromatic carboxylic acids is 1. The molecule has 1 aromatic carbocycles. The van der Waals surface area contributed by atoms with Crippen LogP contribution in [0.25, 0.3) is 10.9 Å². The molecule has 0 spiro atoms. The largest absolute Gasteiger partial charge is 0.476 e. The van der Waals surface area contributed by atoms with Crippen molar-refractivity contribution in [1.29, 1.82) is 0 Å². The van der Waals surface area contributed by atoms with E-state index in [9.17, 15) is 4.79 Å². The van der Waals surface area contributed by atoms with Gasteiger partial charge in [-0.05, 0) is 24.5 Å². The van der Waals surface area contributed by atoms with E-state index in [1.54, 1.807) is 0 Å². The monoisotopic (exact) mass is 232 g/mol. The standard InChI is InChI=1S/C13H16N2O2/c1-2-3-4-6-9-7-5-8-10-11(9)12(13(16)17)15-14-10/h5,7-8H,2-4,6H2,1H3,(H,14,15)(H,16,17). The van der Waals surface area contributed by atoms with Crippen LogP contribution < -0.4 is 0 Å². The Morgan fingerprint density at radius 2 is 2.24 bits per heavy atom. The molecule has 0 fully saturated rings. The summed E-state index contributed by atoms with van der Waals surface area (Å²) in [5.41, 5.74) is 2.01. The fourth-order valence-electron chi connectivity index (χ4n) is 2.07. The number of H-pyrrole nitrogens is 1. The lowest BCUT2D eigenvalue weighted by molar-refractivity contribution is 0.0692. The molecule has 0 bridgehead atoms. The van der Waals surface area contributed by atoms with Gasteiger partial charge in [0.2, 0.25) is 0 Å². The minimum Gasteiger partial charge on any atom is -0.476 e. The molecule has 1 heterocycles. The van der Waals surface area contributed by atoms with E-state index in [0.29, 0.717) is 0 Å². The van der Waals surface area contributed by atoms with Crippen molar-refractivity contribution in [3.63, 3.8) is 0 Å². The molecule has 2 rings (SSSR count). The quantitative estimate of drug-likeness (QED) is 0.779. The molecule has 0 aliphatic heterocycles. The summed E-state index contributed by atoms with van der Waals surface area (Å²) in [5, 5.41) is 16.5. The number of carboxylic acid groups (broad SMARTS) is 1. The molecular formula is C13H16N2O2. The van der Waals surface area contributed by atoms with Gasteiger partial charge in [-0.3, -0.25) is 5.10 Å². The Bertz CT molecular complexity index is 531. The predicted molar refractivity (Wildman–Crippen MR) is 66.3 cm³/mol. The summed E-state index contributed by atoms with van der Waals surface area (Å²) in [4.78, 5) is 11.1. The average molecular weight is 232 g/mol. The minimum absolute atomic E-state index is 0.132. The molecule has 90 valence electrons. The van der Waals surface area contributed by atoms with E-state index >= 15 is 0 Å². The highest BCUT2D eigenvalue weighted by Gasteiger charge is 2.15. The van der Waals surface area contributed by atoms with E-state index in [2.05, 4.69) is 17.1 Å². The number of unbranched alkanes of at least 4 members (excludes halogenated alkanes) is 2. The van der Waals surface area contributed by atoms with Crippen molar-refractivity contribution in [2.45, 2.75) is 32.6 Å². The van der Waals surface area contributed by atoms with Gasteiger partial charge in [-0.2, -0.15) is 5.10 Å². The lowest BCUT2D eigenvalue weighted by Crippen LogP contribution is -1.99. The number of benzene rings is 1. The summed E-state index contributed by atoms with van der Waals surface area (Å²) >= 11 is 0. The molecule has 0 atom stereocenters. The number of nitrogens with zero attached hydrogens (tertiary/aromatic N) is 1. The van der Waals surface area contributed by atoms with E-state index in [-0.39, 0.29) is 5.69 Å². The molecule has 0 amide bonds. The second-order valence-corrected chi connectivity index (χ2v) is 4.17. The minimum atomic E-state index is -0.973. The fraction of sp³-hybridized carbons (Fsp3) is 0.385. The van der Waals surface area contributed by atoms with E-state index in [1.165, 1.54) is 0 Å². The van der Waals surface area contributed by atoms with Gasteiger partial charge in [-0.25, -0.2) is 4.79 Å². The van der Waals surface area contributed by atoms with Crippen LogP contribution in [0.1, 0.15) is 42.2 Å². The smallest absolute Gasteiger partial charge is 0.357 e. The number of fused-ring (bicyclic) bond motifs is 1. The Morgan fingerprint density at radius 1 is 1.41 bits per heavy atom. The number of nitrogens with one attached hydrogen (secondary N) is 1.